The van der Waals surface area contributed by atoms with Gasteiger partial charge in [0, 0.05) is 38.6 Å². The molecule has 5 heteroatoms. The quantitative estimate of drug-likeness (QED) is 0.877. The van der Waals surface area contributed by atoms with Crippen LogP contribution >= 0.6 is 0 Å². The Morgan fingerprint density at radius 1 is 1.53 bits per heavy atom. The number of nitrogens with one attached hydrogen (secondary N) is 1. The van der Waals surface area contributed by atoms with Crippen LogP contribution < -0.4 is 10.9 Å². The zero-order valence-electron chi connectivity index (χ0n) is 11.6. The lowest BCUT2D eigenvalue weighted by molar-refractivity contribution is 0.0232. The fourth-order valence-corrected chi connectivity index (χ4v) is 2.35. The molecule has 0 radical (unpaired) electrons. The Hall–Kier alpha value is -1.33. The molecule has 0 saturated carbocycles. The van der Waals surface area contributed by atoms with Crippen LogP contribution in [0.25, 0.3) is 0 Å². The SMILES string of the molecule is COCCn1cc(NC2CCOC(C)C2)ccc1=O. The zero-order valence-corrected chi connectivity index (χ0v) is 11.6. The Bertz CT molecular complexity index is 458. The van der Waals surface area contributed by atoms with Crippen molar-refractivity contribution in [3.8, 4) is 0 Å². The normalized spacial score (nSPS) is 23.3. The number of pyridine rings is 1. The summed E-state index contributed by atoms with van der Waals surface area (Å²) in [5.41, 5.74) is 0.984. The van der Waals surface area contributed by atoms with Gasteiger partial charge in [0.25, 0.3) is 5.56 Å². The first kappa shape index (κ1) is 14.1. The van der Waals surface area contributed by atoms with E-state index in [1.54, 1.807) is 17.7 Å². The maximum atomic E-state index is 11.7. The summed E-state index contributed by atoms with van der Waals surface area (Å²) in [4.78, 5) is 11.7. The molecule has 1 aromatic rings. The summed E-state index contributed by atoms with van der Waals surface area (Å²) in [5, 5.41) is 3.47. The second kappa shape index (κ2) is 6.73. The minimum absolute atomic E-state index is 0.00273. The number of nitrogens with zero attached hydrogens (tertiary/aromatic N) is 1. The maximum absolute atomic E-state index is 11.7. The van der Waals surface area contributed by atoms with Crippen molar-refractivity contribution >= 4 is 5.69 Å². The van der Waals surface area contributed by atoms with E-state index < -0.39 is 0 Å². The topological polar surface area (TPSA) is 52.5 Å². The molecule has 1 saturated heterocycles. The number of ether oxygens (including phenoxy) is 2. The van der Waals surface area contributed by atoms with Crippen molar-refractivity contribution in [2.75, 3.05) is 25.6 Å². The van der Waals surface area contributed by atoms with Gasteiger partial charge in [-0.1, -0.05) is 0 Å². The van der Waals surface area contributed by atoms with Gasteiger partial charge >= 0.3 is 0 Å². The van der Waals surface area contributed by atoms with E-state index in [-0.39, 0.29) is 5.56 Å². The number of hydrogen-bond donors (Lipinski definition) is 1. The van der Waals surface area contributed by atoms with Crippen molar-refractivity contribution in [1.82, 2.24) is 4.57 Å². The Balaban J connectivity index is 2.01. The molecule has 1 aliphatic rings. The van der Waals surface area contributed by atoms with Gasteiger partial charge in [0.2, 0.25) is 0 Å². The van der Waals surface area contributed by atoms with Crippen LogP contribution in [0.4, 0.5) is 5.69 Å². The molecule has 0 bridgehead atoms. The zero-order chi connectivity index (χ0) is 13.7. The predicted molar refractivity (Wildman–Crippen MR) is 74.6 cm³/mol. The molecule has 5 nitrogen and oxygen atoms in total. The third-order valence-electron chi connectivity index (χ3n) is 3.38. The average molecular weight is 266 g/mol. The Labute approximate surface area is 113 Å². The van der Waals surface area contributed by atoms with Gasteiger partial charge in [0.15, 0.2) is 0 Å². The number of hydrogen-bond acceptors (Lipinski definition) is 4. The molecule has 0 aliphatic carbocycles. The summed E-state index contributed by atoms with van der Waals surface area (Å²) in [6, 6.07) is 3.85. The van der Waals surface area contributed by atoms with E-state index >= 15 is 0 Å². The fourth-order valence-electron chi connectivity index (χ4n) is 2.35. The summed E-state index contributed by atoms with van der Waals surface area (Å²) in [7, 11) is 1.64. The minimum Gasteiger partial charge on any atom is -0.383 e. The highest BCUT2D eigenvalue weighted by Gasteiger charge is 2.19. The second-order valence-corrected chi connectivity index (χ2v) is 4.99. The van der Waals surface area contributed by atoms with Crippen molar-refractivity contribution in [3.05, 3.63) is 28.7 Å². The Kier molecular flexibility index (Phi) is 4.99. The minimum atomic E-state index is 0.00273. The largest absolute Gasteiger partial charge is 0.383 e. The van der Waals surface area contributed by atoms with Gasteiger partial charge in [-0.15, -0.1) is 0 Å². The average Bonchev–Trinajstić information content (AvgIpc) is 2.39. The number of rotatable bonds is 5. The molecule has 2 atom stereocenters. The van der Waals surface area contributed by atoms with Crippen LogP contribution in [0.15, 0.2) is 23.1 Å². The molecule has 0 spiro atoms. The van der Waals surface area contributed by atoms with Crippen molar-refractivity contribution in [2.45, 2.75) is 38.5 Å². The molecular weight excluding hydrogens is 244 g/mol. The molecule has 1 aliphatic heterocycles. The Morgan fingerprint density at radius 3 is 3.11 bits per heavy atom. The van der Waals surface area contributed by atoms with Crippen molar-refractivity contribution in [1.29, 1.82) is 0 Å². The first-order valence-corrected chi connectivity index (χ1v) is 6.76. The van der Waals surface area contributed by atoms with Crippen LogP contribution in [-0.2, 0) is 16.0 Å². The van der Waals surface area contributed by atoms with E-state index in [1.807, 2.05) is 12.3 Å². The summed E-state index contributed by atoms with van der Waals surface area (Å²) >= 11 is 0. The number of methoxy groups -OCH3 is 1. The lowest BCUT2D eigenvalue weighted by Gasteiger charge is -2.28. The monoisotopic (exact) mass is 266 g/mol. The summed E-state index contributed by atoms with van der Waals surface area (Å²) in [5.74, 6) is 0. The van der Waals surface area contributed by atoms with E-state index in [0.29, 0.717) is 25.3 Å². The van der Waals surface area contributed by atoms with Crippen LogP contribution in [0.5, 0.6) is 0 Å². The third kappa shape index (κ3) is 4.08. The summed E-state index contributed by atoms with van der Waals surface area (Å²) in [6.07, 6.45) is 4.16. The maximum Gasteiger partial charge on any atom is 0.250 e. The molecule has 0 aromatic carbocycles. The standard InChI is InChI=1S/C14H22N2O3/c1-11-9-12(5-7-19-11)15-13-3-4-14(17)16(10-13)6-8-18-2/h3-4,10-12,15H,5-9H2,1-2H3. The van der Waals surface area contributed by atoms with Crippen LogP contribution in [0.2, 0.25) is 0 Å². The Morgan fingerprint density at radius 2 is 2.37 bits per heavy atom. The molecular formula is C14H22N2O3. The van der Waals surface area contributed by atoms with Crippen LogP contribution in [-0.4, -0.2) is 37.0 Å². The van der Waals surface area contributed by atoms with Gasteiger partial charge in [0.1, 0.15) is 0 Å². The molecule has 2 rings (SSSR count). The van der Waals surface area contributed by atoms with Gasteiger partial charge in [-0.3, -0.25) is 4.79 Å². The van der Waals surface area contributed by atoms with Gasteiger partial charge < -0.3 is 19.4 Å². The summed E-state index contributed by atoms with van der Waals surface area (Å²) < 4.78 is 12.2. The molecule has 1 fully saturated rings. The second-order valence-electron chi connectivity index (χ2n) is 4.99. The number of anilines is 1. The third-order valence-corrected chi connectivity index (χ3v) is 3.38. The molecule has 0 amide bonds. The molecule has 1 N–H and O–H groups in total. The highest BCUT2D eigenvalue weighted by Crippen LogP contribution is 2.17. The highest BCUT2D eigenvalue weighted by atomic mass is 16.5. The van der Waals surface area contributed by atoms with Gasteiger partial charge in [-0.05, 0) is 25.8 Å². The first-order valence-electron chi connectivity index (χ1n) is 6.76. The molecule has 2 heterocycles. The van der Waals surface area contributed by atoms with E-state index in [4.69, 9.17) is 9.47 Å². The lowest BCUT2D eigenvalue weighted by atomic mass is 10.0. The fraction of sp³-hybridized carbons (Fsp3) is 0.643. The van der Waals surface area contributed by atoms with Crippen LogP contribution in [0.3, 0.4) is 0 Å². The smallest absolute Gasteiger partial charge is 0.250 e. The van der Waals surface area contributed by atoms with Gasteiger partial charge in [0.05, 0.1) is 18.4 Å². The summed E-state index contributed by atoms with van der Waals surface area (Å²) in [6.45, 7) is 4.00. The van der Waals surface area contributed by atoms with Gasteiger partial charge in [-0.2, -0.15) is 0 Å². The van der Waals surface area contributed by atoms with Gasteiger partial charge in [-0.25, -0.2) is 0 Å². The molecule has 1 aromatic heterocycles. The van der Waals surface area contributed by atoms with Crippen LogP contribution in [0, 0.1) is 0 Å². The molecule has 2 unspecified atom stereocenters. The molecule has 106 valence electrons. The van der Waals surface area contributed by atoms with Crippen molar-refractivity contribution in [3.63, 3.8) is 0 Å². The number of aromatic nitrogens is 1. The van der Waals surface area contributed by atoms with E-state index in [9.17, 15) is 4.79 Å². The van der Waals surface area contributed by atoms with E-state index in [0.717, 1.165) is 25.1 Å². The van der Waals surface area contributed by atoms with Crippen molar-refractivity contribution in [2.24, 2.45) is 0 Å². The van der Waals surface area contributed by atoms with Crippen molar-refractivity contribution < 1.29 is 9.47 Å². The lowest BCUT2D eigenvalue weighted by Crippen LogP contribution is -2.33. The predicted octanol–water partition coefficient (Wildman–Crippen LogP) is 1.47. The first-order chi connectivity index (χ1) is 9.19. The van der Waals surface area contributed by atoms with Crippen LogP contribution in [0.1, 0.15) is 19.8 Å². The highest BCUT2D eigenvalue weighted by molar-refractivity contribution is 5.41. The molecule has 19 heavy (non-hydrogen) atoms. The van der Waals surface area contributed by atoms with E-state index in [1.165, 1.54) is 0 Å². The van der Waals surface area contributed by atoms with E-state index in [2.05, 4.69) is 12.2 Å².